The zero-order valence-corrected chi connectivity index (χ0v) is 17.5. The third-order valence-corrected chi connectivity index (χ3v) is 4.81. The van der Waals surface area contributed by atoms with Crippen LogP contribution in [0.3, 0.4) is 0 Å². The van der Waals surface area contributed by atoms with E-state index < -0.39 is 17.5 Å². The van der Waals surface area contributed by atoms with E-state index in [1.165, 1.54) is 0 Å². The lowest BCUT2D eigenvalue weighted by Crippen LogP contribution is -2.49. The summed E-state index contributed by atoms with van der Waals surface area (Å²) in [5, 5.41) is 2.63. The van der Waals surface area contributed by atoms with Crippen LogP contribution in [0.4, 0.5) is 4.79 Å². The molecule has 6 nitrogen and oxygen atoms in total. The van der Waals surface area contributed by atoms with Crippen LogP contribution in [0, 0.1) is 0 Å². The van der Waals surface area contributed by atoms with Gasteiger partial charge >= 0.3 is 6.03 Å². The zero-order chi connectivity index (χ0) is 21.9. The quantitative estimate of drug-likeness (QED) is 0.386. The highest BCUT2D eigenvalue weighted by Gasteiger charge is 2.38. The average molecular weight is 418 g/mol. The Kier molecular flexibility index (Phi) is 7.79. The SMILES string of the molecule is CCCNC(=O)NNC(=O)COC(c1ccccc1)(c1ccccc1)c1ccccc1. The third-order valence-electron chi connectivity index (χ3n) is 4.81. The van der Waals surface area contributed by atoms with Crippen molar-refractivity contribution in [2.45, 2.75) is 18.9 Å². The largest absolute Gasteiger partial charge is 0.351 e. The fourth-order valence-corrected chi connectivity index (χ4v) is 3.39. The van der Waals surface area contributed by atoms with Gasteiger partial charge in [0.15, 0.2) is 0 Å². The van der Waals surface area contributed by atoms with Crippen LogP contribution in [-0.2, 0) is 15.1 Å². The van der Waals surface area contributed by atoms with E-state index in [9.17, 15) is 9.59 Å². The second-order valence-corrected chi connectivity index (χ2v) is 7.00. The first kappa shape index (κ1) is 22.1. The Morgan fingerprint density at radius 2 is 1.19 bits per heavy atom. The number of rotatable bonds is 8. The van der Waals surface area contributed by atoms with Gasteiger partial charge in [0.25, 0.3) is 5.91 Å². The smallest absolute Gasteiger partial charge is 0.333 e. The van der Waals surface area contributed by atoms with Gasteiger partial charge in [-0.3, -0.25) is 10.2 Å². The van der Waals surface area contributed by atoms with Crippen molar-refractivity contribution < 1.29 is 14.3 Å². The number of hydrogen-bond acceptors (Lipinski definition) is 3. The van der Waals surface area contributed by atoms with E-state index in [0.29, 0.717) is 6.54 Å². The van der Waals surface area contributed by atoms with Crippen LogP contribution >= 0.6 is 0 Å². The number of nitrogens with one attached hydrogen (secondary N) is 3. The summed E-state index contributed by atoms with van der Waals surface area (Å²) in [5.41, 5.74) is 6.43. The Balaban J connectivity index is 1.90. The van der Waals surface area contributed by atoms with E-state index in [0.717, 1.165) is 23.1 Å². The molecule has 3 amide bonds. The molecule has 3 rings (SSSR count). The molecule has 6 heteroatoms. The van der Waals surface area contributed by atoms with Crippen LogP contribution in [0.25, 0.3) is 0 Å². The number of hydrogen-bond donors (Lipinski definition) is 3. The predicted molar refractivity (Wildman–Crippen MR) is 120 cm³/mol. The van der Waals surface area contributed by atoms with Crippen molar-refractivity contribution in [1.29, 1.82) is 0 Å². The molecule has 0 unspecified atom stereocenters. The summed E-state index contributed by atoms with van der Waals surface area (Å²) in [5.74, 6) is -0.459. The van der Waals surface area contributed by atoms with Crippen molar-refractivity contribution in [3.05, 3.63) is 108 Å². The van der Waals surface area contributed by atoms with Crippen molar-refractivity contribution in [1.82, 2.24) is 16.2 Å². The molecule has 0 atom stereocenters. The summed E-state index contributed by atoms with van der Waals surface area (Å²) >= 11 is 0. The molecule has 0 aliphatic carbocycles. The number of ether oxygens (including phenoxy) is 1. The van der Waals surface area contributed by atoms with Crippen molar-refractivity contribution in [3.8, 4) is 0 Å². The molecular formula is C25H27N3O3. The molecule has 0 aliphatic rings. The van der Waals surface area contributed by atoms with E-state index in [-0.39, 0.29) is 6.61 Å². The van der Waals surface area contributed by atoms with Gasteiger partial charge in [-0.15, -0.1) is 0 Å². The molecule has 0 fully saturated rings. The van der Waals surface area contributed by atoms with E-state index in [4.69, 9.17) is 4.74 Å². The maximum Gasteiger partial charge on any atom is 0.333 e. The molecule has 3 aromatic carbocycles. The average Bonchev–Trinajstić information content (AvgIpc) is 2.84. The molecule has 31 heavy (non-hydrogen) atoms. The summed E-state index contributed by atoms with van der Waals surface area (Å²) in [6.45, 7) is 2.22. The minimum absolute atomic E-state index is 0.257. The second-order valence-electron chi connectivity index (χ2n) is 7.00. The minimum Gasteiger partial charge on any atom is -0.351 e. The van der Waals surface area contributed by atoms with Gasteiger partial charge < -0.3 is 10.1 Å². The summed E-state index contributed by atoms with van der Waals surface area (Å²) in [6, 6.07) is 28.9. The van der Waals surface area contributed by atoms with Gasteiger partial charge in [-0.2, -0.15) is 0 Å². The molecule has 160 valence electrons. The summed E-state index contributed by atoms with van der Waals surface area (Å²) < 4.78 is 6.38. The van der Waals surface area contributed by atoms with Crippen molar-refractivity contribution in [2.24, 2.45) is 0 Å². The third kappa shape index (κ3) is 5.49. The number of hydrazine groups is 1. The lowest BCUT2D eigenvalue weighted by molar-refractivity contribution is -0.130. The zero-order valence-electron chi connectivity index (χ0n) is 17.5. The van der Waals surface area contributed by atoms with Crippen LogP contribution < -0.4 is 16.2 Å². The van der Waals surface area contributed by atoms with Gasteiger partial charge in [0.05, 0.1) is 0 Å². The van der Waals surface area contributed by atoms with Crippen LogP contribution in [-0.4, -0.2) is 25.1 Å². The molecule has 3 aromatic rings. The van der Waals surface area contributed by atoms with E-state index in [2.05, 4.69) is 16.2 Å². The van der Waals surface area contributed by atoms with Crippen molar-refractivity contribution >= 4 is 11.9 Å². The fraction of sp³-hybridized carbons (Fsp3) is 0.200. The fourth-order valence-electron chi connectivity index (χ4n) is 3.39. The van der Waals surface area contributed by atoms with Crippen LogP contribution in [0.1, 0.15) is 30.0 Å². The van der Waals surface area contributed by atoms with Crippen LogP contribution in [0.2, 0.25) is 0 Å². The Morgan fingerprint density at radius 1 is 0.742 bits per heavy atom. The van der Waals surface area contributed by atoms with Crippen molar-refractivity contribution in [3.63, 3.8) is 0 Å². The highest BCUT2D eigenvalue weighted by Crippen LogP contribution is 2.40. The molecule has 0 aromatic heterocycles. The maximum atomic E-state index is 12.5. The van der Waals surface area contributed by atoms with Gasteiger partial charge in [0.2, 0.25) is 0 Å². The summed E-state index contributed by atoms with van der Waals surface area (Å²) in [7, 11) is 0. The molecule has 0 bridgehead atoms. The highest BCUT2D eigenvalue weighted by molar-refractivity contribution is 5.81. The van der Waals surface area contributed by atoms with Gasteiger partial charge in [-0.25, -0.2) is 10.2 Å². The Labute approximate surface area is 182 Å². The molecule has 0 saturated carbocycles. The monoisotopic (exact) mass is 417 g/mol. The van der Waals surface area contributed by atoms with Gasteiger partial charge in [0.1, 0.15) is 12.2 Å². The van der Waals surface area contributed by atoms with Gasteiger partial charge in [0, 0.05) is 6.54 Å². The summed E-state index contributed by atoms with van der Waals surface area (Å²) in [4.78, 5) is 24.2. The highest BCUT2D eigenvalue weighted by atomic mass is 16.5. The predicted octanol–water partition coefficient (Wildman–Crippen LogP) is 3.74. The lowest BCUT2D eigenvalue weighted by atomic mass is 9.80. The molecule has 0 saturated heterocycles. The molecule has 0 spiro atoms. The van der Waals surface area contributed by atoms with E-state index in [1.54, 1.807) is 0 Å². The summed E-state index contributed by atoms with van der Waals surface area (Å²) in [6.07, 6.45) is 0.804. The standard InChI is InChI=1S/C25H27N3O3/c1-2-18-26-24(30)28-27-23(29)19-31-25(20-12-6-3-7-13-20,21-14-8-4-9-15-21)22-16-10-5-11-17-22/h3-17H,2,18-19H2,1H3,(H,27,29)(H2,26,28,30). The molecular weight excluding hydrogens is 390 g/mol. The molecule has 3 N–H and O–H groups in total. The lowest BCUT2D eigenvalue weighted by Gasteiger charge is -2.35. The minimum atomic E-state index is -0.994. The van der Waals surface area contributed by atoms with Crippen LogP contribution in [0.15, 0.2) is 91.0 Å². The van der Waals surface area contributed by atoms with Gasteiger partial charge in [-0.1, -0.05) is 97.9 Å². The number of benzene rings is 3. The number of urea groups is 1. The molecule has 0 radical (unpaired) electrons. The molecule has 0 heterocycles. The maximum absolute atomic E-state index is 12.5. The first-order valence-electron chi connectivity index (χ1n) is 10.3. The Morgan fingerprint density at radius 3 is 1.61 bits per heavy atom. The Bertz CT molecular complexity index is 866. The van der Waals surface area contributed by atoms with Crippen molar-refractivity contribution in [2.75, 3.05) is 13.2 Å². The Hall–Kier alpha value is -3.64. The number of carbonyl (C=O) groups is 2. The molecule has 0 aliphatic heterocycles. The first-order valence-corrected chi connectivity index (χ1v) is 10.3. The second kappa shape index (κ2) is 10.9. The first-order chi connectivity index (χ1) is 15.2. The number of amides is 3. The van der Waals surface area contributed by atoms with Gasteiger partial charge in [-0.05, 0) is 23.1 Å². The topological polar surface area (TPSA) is 79.5 Å². The van der Waals surface area contributed by atoms with E-state index in [1.807, 2.05) is 97.9 Å². The van der Waals surface area contributed by atoms with Crippen LogP contribution in [0.5, 0.6) is 0 Å². The number of carbonyl (C=O) groups excluding carboxylic acids is 2. The normalized spacial score (nSPS) is 10.9. The van der Waals surface area contributed by atoms with E-state index >= 15 is 0 Å².